The molecule has 0 unspecified atom stereocenters. The number of aliphatic carboxylic acids is 1. The Morgan fingerprint density at radius 3 is 2.82 bits per heavy atom. The van der Waals surface area contributed by atoms with Crippen LogP contribution in [0, 0.1) is 11.3 Å². The van der Waals surface area contributed by atoms with Crippen molar-refractivity contribution in [3.05, 3.63) is 24.0 Å². The standard InChI is InChI=1S/C12H13N3O2/c13-8-10-9(4-3-7-14-10)15-12(11(16)17)5-1-2-6-12/h3-4,7,15H,1-2,5-6H2,(H,16,17). The molecule has 0 bridgehead atoms. The van der Waals surface area contributed by atoms with Crippen LogP contribution in [0.2, 0.25) is 0 Å². The first kappa shape index (κ1) is 11.4. The van der Waals surface area contributed by atoms with Gasteiger partial charge in [-0.3, -0.25) is 0 Å². The van der Waals surface area contributed by atoms with Crippen LogP contribution in [-0.2, 0) is 4.79 Å². The van der Waals surface area contributed by atoms with Crippen LogP contribution in [0.4, 0.5) is 5.69 Å². The van der Waals surface area contributed by atoms with E-state index in [0.717, 1.165) is 12.8 Å². The third-order valence-electron chi connectivity index (χ3n) is 3.15. The van der Waals surface area contributed by atoms with Crippen LogP contribution in [0.1, 0.15) is 31.4 Å². The predicted molar refractivity (Wildman–Crippen MR) is 61.4 cm³/mol. The largest absolute Gasteiger partial charge is 0.480 e. The van der Waals surface area contributed by atoms with Crippen LogP contribution in [0.3, 0.4) is 0 Å². The Morgan fingerprint density at radius 1 is 1.53 bits per heavy atom. The van der Waals surface area contributed by atoms with Crippen molar-refractivity contribution >= 4 is 11.7 Å². The molecule has 1 fully saturated rings. The van der Waals surface area contributed by atoms with E-state index in [1.165, 1.54) is 6.20 Å². The maximum atomic E-state index is 11.4. The first-order valence-corrected chi connectivity index (χ1v) is 5.55. The summed E-state index contributed by atoms with van der Waals surface area (Å²) in [6.45, 7) is 0. The highest BCUT2D eigenvalue weighted by atomic mass is 16.4. The molecule has 1 aromatic rings. The lowest BCUT2D eigenvalue weighted by Crippen LogP contribution is -2.43. The van der Waals surface area contributed by atoms with Gasteiger partial charge in [0.2, 0.25) is 0 Å². The summed E-state index contributed by atoms with van der Waals surface area (Å²) in [7, 11) is 0. The molecule has 0 atom stereocenters. The van der Waals surface area contributed by atoms with Crippen molar-refractivity contribution in [2.45, 2.75) is 31.2 Å². The zero-order chi connectivity index (χ0) is 12.3. The lowest BCUT2D eigenvalue weighted by atomic mass is 9.97. The van der Waals surface area contributed by atoms with Gasteiger partial charge in [-0.1, -0.05) is 12.8 Å². The van der Waals surface area contributed by atoms with E-state index in [4.69, 9.17) is 5.26 Å². The molecule has 5 nitrogen and oxygen atoms in total. The molecule has 0 aromatic carbocycles. The molecule has 2 rings (SSSR count). The van der Waals surface area contributed by atoms with Crippen LogP contribution in [0.15, 0.2) is 18.3 Å². The van der Waals surface area contributed by atoms with Gasteiger partial charge in [0.25, 0.3) is 0 Å². The lowest BCUT2D eigenvalue weighted by molar-refractivity contribution is -0.142. The van der Waals surface area contributed by atoms with Gasteiger partial charge in [-0.15, -0.1) is 0 Å². The Bertz CT molecular complexity index is 473. The SMILES string of the molecule is N#Cc1ncccc1NC1(C(=O)O)CCCC1. The van der Waals surface area contributed by atoms with E-state index in [9.17, 15) is 9.90 Å². The van der Waals surface area contributed by atoms with Crippen LogP contribution in [0.25, 0.3) is 0 Å². The first-order valence-electron chi connectivity index (χ1n) is 5.55. The van der Waals surface area contributed by atoms with Gasteiger partial charge in [0.05, 0.1) is 5.69 Å². The van der Waals surface area contributed by atoms with Crippen molar-refractivity contribution < 1.29 is 9.90 Å². The summed E-state index contributed by atoms with van der Waals surface area (Å²) < 4.78 is 0. The zero-order valence-corrected chi connectivity index (χ0v) is 9.31. The maximum Gasteiger partial charge on any atom is 0.329 e. The van der Waals surface area contributed by atoms with Gasteiger partial charge in [-0.25, -0.2) is 9.78 Å². The molecule has 0 spiro atoms. The highest BCUT2D eigenvalue weighted by Gasteiger charge is 2.41. The molecule has 2 N–H and O–H groups in total. The number of rotatable bonds is 3. The van der Waals surface area contributed by atoms with E-state index in [0.29, 0.717) is 18.5 Å². The number of aromatic nitrogens is 1. The molecule has 0 saturated heterocycles. The molecule has 1 heterocycles. The predicted octanol–water partition coefficient (Wildman–Crippen LogP) is 1.76. The number of carbonyl (C=O) groups is 1. The summed E-state index contributed by atoms with van der Waals surface area (Å²) in [4.78, 5) is 15.3. The quantitative estimate of drug-likeness (QED) is 0.827. The van der Waals surface area contributed by atoms with Gasteiger partial charge in [0.1, 0.15) is 11.6 Å². The Hall–Kier alpha value is -2.09. The molecule has 5 heteroatoms. The number of anilines is 1. The second-order valence-electron chi connectivity index (χ2n) is 4.23. The van der Waals surface area contributed by atoms with Crippen molar-refractivity contribution in [2.75, 3.05) is 5.32 Å². The molecule has 1 aliphatic carbocycles. The van der Waals surface area contributed by atoms with Crippen molar-refractivity contribution in [1.29, 1.82) is 5.26 Å². The second kappa shape index (κ2) is 4.42. The van der Waals surface area contributed by atoms with Crippen molar-refractivity contribution in [3.63, 3.8) is 0 Å². The summed E-state index contributed by atoms with van der Waals surface area (Å²) >= 11 is 0. The smallest absolute Gasteiger partial charge is 0.329 e. The molecule has 1 saturated carbocycles. The maximum absolute atomic E-state index is 11.4. The summed E-state index contributed by atoms with van der Waals surface area (Å²) in [5.74, 6) is -0.859. The zero-order valence-electron chi connectivity index (χ0n) is 9.31. The number of nitrogens with zero attached hydrogens (tertiary/aromatic N) is 2. The fourth-order valence-corrected chi connectivity index (χ4v) is 2.22. The minimum Gasteiger partial charge on any atom is -0.480 e. The van der Waals surface area contributed by atoms with E-state index in [-0.39, 0.29) is 5.69 Å². The minimum absolute atomic E-state index is 0.236. The molecule has 1 aromatic heterocycles. The molecule has 0 amide bonds. The summed E-state index contributed by atoms with van der Waals surface area (Å²) in [6.07, 6.45) is 4.47. The molecule has 1 aliphatic rings. The first-order chi connectivity index (χ1) is 8.18. The Kier molecular flexibility index (Phi) is 2.96. The fraction of sp³-hybridized carbons (Fsp3) is 0.417. The highest BCUT2D eigenvalue weighted by Crippen LogP contribution is 2.33. The minimum atomic E-state index is -0.936. The number of pyridine rings is 1. The fourth-order valence-electron chi connectivity index (χ4n) is 2.22. The summed E-state index contributed by atoms with van der Waals surface area (Å²) in [5, 5.41) is 21.2. The lowest BCUT2D eigenvalue weighted by Gasteiger charge is -2.26. The van der Waals surface area contributed by atoms with Crippen LogP contribution in [-0.4, -0.2) is 21.6 Å². The normalized spacial score (nSPS) is 17.4. The number of nitriles is 1. The van der Waals surface area contributed by atoms with Crippen LogP contribution >= 0.6 is 0 Å². The van der Waals surface area contributed by atoms with Crippen LogP contribution < -0.4 is 5.32 Å². The average molecular weight is 231 g/mol. The van der Waals surface area contributed by atoms with Crippen molar-refractivity contribution in [1.82, 2.24) is 4.98 Å². The van der Waals surface area contributed by atoms with Gasteiger partial charge in [-0.05, 0) is 25.0 Å². The molecule has 0 aliphatic heterocycles. The third-order valence-corrected chi connectivity index (χ3v) is 3.15. The van der Waals surface area contributed by atoms with Crippen LogP contribution in [0.5, 0.6) is 0 Å². The van der Waals surface area contributed by atoms with E-state index < -0.39 is 11.5 Å². The Labute approximate surface area is 99.1 Å². The third kappa shape index (κ3) is 2.07. The second-order valence-corrected chi connectivity index (χ2v) is 4.23. The molecule has 17 heavy (non-hydrogen) atoms. The highest BCUT2D eigenvalue weighted by molar-refractivity contribution is 5.83. The van der Waals surface area contributed by atoms with Gasteiger partial charge >= 0.3 is 5.97 Å². The van der Waals surface area contributed by atoms with Gasteiger partial charge in [0, 0.05) is 6.20 Å². The molecular weight excluding hydrogens is 218 g/mol. The number of hydrogen-bond acceptors (Lipinski definition) is 4. The average Bonchev–Trinajstić information content (AvgIpc) is 2.80. The number of hydrogen-bond donors (Lipinski definition) is 2. The van der Waals surface area contributed by atoms with Gasteiger partial charge < -0.3 is 10.4 Å². The van der Waals surface area contributed by atoms with E-state index in [1.54, 1.807) is 12.1 Å². The molecule has 0 radical (unpaired) electrons. The summed E-state index contributed by atoms with van der Waals surface area (Å²) in [6, 6.07) is 5.34. The summed E-state index contributed by atoms with van der Waals surface area (Å²) in [5.41, 5.74) is -0.200. The Morgan fingerprint density at radius 2 is 2.24 bits per heavy atom. The number of carboxylic acid groups (broad SMARTS) is 1. The van der Waals surface area contributed by atoms with Crippen molar-refractivity contribution in [2.24, 2.45) is 0 Å². The number of nitrogens with one attached hydrogen (secondary N) is 1. The van der Waals surface area contributed by atoms with E-state index in [2.05, 4.69) is 10.3 Å². The topological polar surface area (TPSA) is 86.0 Å². The van der Waals surface area contributed by atoms with Gasteiger partial charge in [0.15, 0.2) is 5.69 Å². The van der Waals surface area contributed by atoms with Crippen molar-refractivity contribution in [3.8, 4) is 6.07 Å². The monoisotopic (exact) mass is 231 g/mol. The van der Waals surface area contributed by atoms with Gasteiger partial charge in [-0.2, -0.15) is 5.26 Å². The number of carboxylic acids is 1. The van der Waals surface area contributed by atoms with E-state index in [1.807, 2.05) is 6.07 Å². The molecular formula is C12H13N3O2. The molecule has 88 valence electrons. The Balaban J connectivity index is 2.30. The van der Waals surface area contributed by atoms with E-state index >= 15 is 0 Å².